The Morgan fingerprint density at radius 3 is 2.32 bits per heavy atom. The fourth-order valence-electron chi connectivity index (χ4n) is 11.1. The second kappa shape index (κ2) is 23.0. The smallest absolute Gasteiger partial charge is 0.416 e. The molecule has 73 heavy (non-hydrogen) atoms. The number of non-ortho nitro benzene ring substituents is 1. The minimum absolute atomic E-state index is 0.00336. The number of aliphatic hydroxyl groups is 2. The molecule has 0 spiro atoms. The lowest BCUT2D eigenvalue weighted by atomic mass is 9.55. The number of nitro benzene ring substituents is 1. The molecule has 2 aliphatic carbocycles. The number of nitro groups is 1. The number of amides is 1. The predicted molar refractivity (Wildman–Crippen MR) is 281 cm³/mol. The Kier molecular flexibility index (Phi) is 16.0. The lowest BCUT2D eigenvalue weighted by Crippen LogP contribution is -2.70. The van der Waals surface area contributed by atoms with E-state index in [9.17, 15) is 20.3 Å². The van der Waals surface area contributed by atoms with Gasteiger partial charge in [0.2, 0.25) is 5.79 Å². The first-order valence-electron chi connectivity index (χ1n) is 25.3. The molecule has 6 aromatic rings. The standard InChI is InChI=1S/C60H63N3O10/c1-4-33-69-60-56(62(38-45-20-14-19-43-17-8-9-21-50(43)45)59(66)72-47-27-24-46(25-28-47)63(67)68)37-54(61-70-39-42-15-6-5-7-16-42)52-35-44(18-10-12-31-64)51(22-11-13-32-65)57(58(52)60)53-36-49(29-30-55(53)73-60)71-48-26-23-40(2)41(3)34-48/h4-9,14-17,19-21,23-30,34-36,44,51,56-58,64-65H,1,10-13,18,22,31-33,37-39H2,2-3H3. The molecule has 1 fully saturated rings. The van der Waals surface area contributed by atoms with Crippen molar-refractivity contribution in [2.45, 2.75) is 89.7 Å². The summed E-state index contributed by atoms with van der Waals surface area (Å²) in [5.74, 6) is -0.537. The molecular weight excluding hydrogens is 923 g/mol. The van der Waals surface area contributed by atoms with E-state index in [4.69, 9.17) is 28.9 Å². The highest BCUT2D eigenvalue weighted by atomic mass is 16.7. The third-order valence-corrected chi connectivity index (χ3v) is 14.7. The van der Waals surface area contributed by atoms with E-state index < -0.39 is 28.8 Å². The third kappa shape index (κ3) is 11.0. The van der Waals surface area contributed by atoms with Crippen LogP contribution in [0.5, 0.6) is 23.0 Å². The fourth-order valence-corrected chi connectivity index (χ4v) is 11.1. The zero-order valence-corrected chi connectivity index (χ0v) is 41.4. The average Bonchev–Trinajstić information content (AvgIpc) is 3.40. The first-order valence-corrected chi connectivity index (χ1v) is 25.3. The molecule has 0 saturated heterocycles. The van der Waals surface area contributed by atoms with Crippen LogP contribution in [0.25, 0.3) is 10.8 Å². The molecule has 1 aliphatic heterocycles. The summed E-state index contributed by atoms with van der Waals surface area (Å²) >= 11 is 0. The summed E-state index contributed by atoms with van der Waals surface area (Å²) in [5, 5.41) is 38.8. The van der Waals surface area contributed by atoms with Crippen molar-refractivity contribution >= 4 is 28.3 Å². The largest absolute Gasteiger partial charge is 0.459 e. The first kappa shape index (κ1) is 50.6. The highest BCUT2D eigenvalue weighted by Gasteiger charge is 2.66. The minimum atomic E-state index is -1.60. The van der Waals surface area contributed by atoms with Crippen LogP contribution in [0.4, 0.5) is 10.5 Å². The molecule has 0 bridgehead atoms. The van der Waals surface area contributed by atoms with Crippen LogP contribution in [0.1, 0.15) is 78.7 Å². The molecule has 13 nitrogen and oxygen atoms in total. The van der Waals surface area contributed by atoms with Crippen molar-refractivity contribution in [2.24, 2.45) is 22.9 Å². The van der Waals surface area contributed by atoms with Crippen LogP contribution in [-0.4, -0.2) is 63.5 Å². The quantitative estimate of drug-likeness (QED) is 0.0307. The van der Waals surface area contributed by atoms with Gasteiger partial charge >= 0.3 is 6.09 Å². The Morgan fingerprint density at radius 1 is 0.849 bits per heavy atom. The number of nitrogens with zero attached hydrogens (tertiary/aromatic N) is 3. The number of rotatable bonds is 21. The molecule has 0 aromatic heterocycles. The van der Waals surface area contributed by atoms with Gasteiger partial charge in [0.25, 0.3) is 5.69 Å². The lowest BCUT2D eigenvalue weighted by Gasteiger charge is -2.59. The molecule has 0 radical (unpaired) electrons. The van der Waals surface area contributed by atoms with Crippen LogP contribution in [-0.2, 0) is 22.7 Å². The third-order valence-electron chi connectivity index (χ3n) is 14.7. The monoisotopic (exact) mass is 985 g/mol. The summed E-state index contributed by atoms with van der Waals surface area (Å²) in [7, 11) is 0. The lowest BCUT2D eigenvalue weighted by molar-refractivity contribution is -0.384. The van der Waals surface area contributed by atoms with Crippen molar-refractivity contribution in [3.63, 3.8) is 0 Å². The maximum absolute atomic E-state index is 15.5. The molecule has 9 rings (SSSR count). The van der Waals surface area contributed by atoms with Gasteiger partial charge in [0, 0.05) is 43.2 Å². The maximum Gasteiger partial charge on any atom is 0.416 e. The number of oxime groups is 1. The van der Waals surface area contributed by atoms with Gasteiger partial charge < -0.3 is 34.0 Å². The van der Waals surface area contributed by atoms with Gasteiger partial charge in [0.15, 0.2) is 0 Å². The van der Waals surface area contributed by atoms with Gasteiger partial charge in [-0.1, -0.05) is 109 Å². The number of hydrogen-bond acceptors (Lipinski definition) is 11. The van der Waals surface area contributed by atoms with Gasteiger partial charge in [0.05, 0.1) is 29.7 Å². The summed E-state index contributed by atoms with van der Waals surface area (Å²) in [6, 6.07) is 40.2. The Bertz CT molecular complexity index is 2970. The summed E-state index contributed by atoms with van der Waals surface area (Å²) in [4.78, 5) is 34.6. The number of aryl methyl sites for hydroxylation is 2. The molecule has 1 saturated carbocycles. The van der Waals surface area contributed by atoms with Crippen molar-refractivity contribution < 1.29 is 43.7 Å². The predicted octanol–water partition coefficient (Wildman–Crippen LogP) is 12.7. The van der Waals surface area contributed by atoms with Gasteiger partial charge in [-0.2, -0.15) is 0 Å². The highest BCUT2D eigenvalue weighted by Crippen LogP contribution is 2.62. The topological polar surface area (TPSA) is 162 Å². The van der Waals surface area contributed by atoms with Crippen molar-refractivity contribution in [3.05, 3.63) is 196 Å². The van der Waals surface area contributed by atoms with E-state index >= 15 is 4.79 Å². The minimum Gasteiger partial charge on any atom is -0.459 e. The van der Waals surface area contributed by atoms with Crippen LogP contribution in [0.15, 0.2) is 163 Å². The van der Waals surface area contributed by atoms with Gasteiger partial charge in [-0.15, -0.1) is 6.58 Å². The number of ether oxygens (including phenoxy) is 4. The van der Waals surface area contributed by atoms with E-state index in [2.05, 4.69) is 32.6 Å². The van der Waals surface area contributed by atoms with Crippen LogP contribution >= 0.6 is 0 Å². The van der Waals surface area contributed by atoms with E-state index in [0.717, 1.165) is 69.8 Å². The molecule has 1 amide bonds. The fraction of sp³-hybridized carbons (Fsp3) is 0.333. The normalized spacial score (nSPS) is 21.3. The average molecular weight is 986 g/mol. The Morgan fingerprint density at radius 2 is 1.56 bits per heavy atom. The molecule has 6 unspecified atom stereocenters. The molecular formula is C60H63N3O10. The number of carbonyl (C=O) groups is 1. The second-order valence-corrected chi connectivity index (χ2v) is 19.3. The van der Waals surface area contributed by atoms with E-state index in [1.54, 1.807) is 11.0 Å². The van der Waals surface area contributed by atoms with Crippen LogP contribution < -0.4 is 14.2 Å². The highest BCUT2D eigenvalue weighted by molar-refractivity contribution is 6.03. The van der Waals surface area contributed by atoms with Crippen molar-refractivity contribution in [3.8, 4) is 23.0 Å². The maximum atomic E-state index is 15.5. The number of benzene rings is 6. The van der Waals surface area contributed by atoms with Gasteiger partial charge in [-0.25, -0.2) is 4.79 Å². The Balaban J connectivity index is 1.27. The SMILES string of the molecule is C=CCOC12Oc3ccc(Oc4ccc(C)c(C)c4)cc3C3C(CCCCO)C(CCCCO)C=C(C(=NOCc4ccccc4)CC1N(Cc1cccc4ccccc14)C(=O)Oc1ccc([N+](=O)[O-])cc1)C32. The number of allylic oxidation sites excluding steroid dienone is 1. The van der Waals surface area contributed by atoms with E-state index in [1.807, 2.05) is 103 Å². The van der Waals surface area contributed by atoms with Gasteiger partial charge in [-0.3, -0.25) is 15.0 Å². The first-order chi connectivity index (χ1) is 35.6. The number of unbranched alkanes of at least 4 members (excludes halogenated alkanes) is 2. The van der Waals surface area contributed by atoms with Crippen molar-refractivity contribution in [2.75, 3.05) is 19.8 Å². The van der Waals surface area contributed by atoms with Crippen LogP contribution in [0.2, 0.25) is 0 Å². The number of hydrogen-bond donors (Lipinski definition) is 2. The van der Waals surface area contributed by atoms with Gasteiger partial charge in [0.1, 0.15) is 35.6 Å². The Hall–Kier alpha value is -7.32. The second-order valence-electron chi connectivity index (χ2n) is 19.3. The summed E-state index contributed by atoms with van der Waals surface area (Å²) in [6.07, 6.45) is 7.68. The zero-order valence-electron chi connectivity index (χ0n) is 41.4. The van der Waals surface area contributed by atoms with E-state index in [1.165, 1.54) is 24.3 Å². The summed E-state index contributed by atoms with van der Waals surface area (Å²) in [5.41, 5.74) is 6.30. The van der Waals surface area contributed by atoms with Crippen LogP contribution in [0, 0.1) is 41.7 Å². The number of aliphatic hydroxyl groups excluding tert-OH is 2. The molecule has 6 atom stereocenters. The van der Waals surface area contributed by atoms with Crippen molar-refractivity contribution in [1.82, 2.24) is 4.90 Å². The number of carbonyl (C=O) groups excluding carboxylic acids is 1. The zero-order chi connectivity index (χ0) is 50.9. The molecule has 1 heterocycles. The van der Waals surface area contributed by atoms with E-state index in [0.29, 0.717) is 35.8 Å². The van der Waals surface area contributed by atoms with E-state index in [-0.39, 0.29) is 68.6 Å². The molecule has 6 aromatic carbocycles. The van der Waals surface area contributed by atoms with Crippen molar-refractivity contribution in [1.29, 1.82) is 0 Å². The van der Waals surface area contributed by atoms with Crippen LogP contribution in [0.3, 0.4) is 0 Å². The molecule has 378 valence electrons. The molecule has 13 heteroatoms. The Labute approximate surface area is 426 Å². The summed E-state index contributed by atoms with van der Waals surface area (Å²) in [6.45, 7) is 8.64. The molecule has 3 aliphatic rings. The summed E-state index contributed by atoms with van der Waals surface area (Å²) < 4.78 is 27.7. The van der Waals surface area contributed by atoms with Gasteiger partial charge in [-0.05, 0) is 132 Å². The number of fused-ring (bicyclic) bond motifs is 3. The molecule has 2 N–H and O–H groups in total.